The number of aryl methyl sites for hydroxylation is 1. The molecule has 1 aromatic carbocycles. The first-order valence-electron chi connectivity index (χ1n) is 9.90. The zero-order chi connectivity index (χ0) is 19.8. The summed E-state index contributed by atoms with van der Waals surface area (Å²) in [5, 5.41) is 3.06. The van der Waals surface area contributed by atoms with E-state index in [0.29, 0.717) is 39.1 Å². The SMILES string of the molecule is CCOC(=O)C1CCN(C(=O)NCC(c2ccc(CC)cc2)N(C)C)CC1. The van der Waals surface area contributed by atoms with Gasteiger partial charge >= 0.3 is 12.0 Å². The topological polar surface area (TPSA) is 61.9 Å². The number of esters is 1. The van der Waals surface area contributed by atoms with Gasteiger partial charge in [0, 0.05) is 19.6 Å². The lowest BCUT2D eigenvalue weighted by Gasteiger charge is -2.32. The lowest BCUT2D eigenvalue weighted by atomic mass is 9.97. The summed E-state index contributed by atoms with van der Waals surface area (Å²) in [5.41, 5.74) is 2.50. The highest BCUT2D eigenvalue weighted by molar-refractivity contribution is 5.76. The zero-order valence-electron chi connectivity index (χ0n) is 17.0. The predicted molar refractivity (Wildman–Crippen MR) is 107 cm³/mol. The molecule has 1 heterocycles. The molecule has 6 heteroatoms. The van der Waals surface area contributed by atoms with E-state index < -0.39 is 0 Å². The van der Waals surface area contributed by atoms with Crippen molar-refractivity contribution >= 4 is 12.0 Å². The van der Waals surface area contributed by atoms with Crippen LogP contribution in [0.4, 0.5) is 4.79 Å². The number of hydrogen-bond acceptors (Lipinski definition) is 4. The third-order valence-corrected chi connectivity index (χ3v) is 5.24. The third kappa shape index (κ3) is 5.96. The number of ether oxygens (including phenoxy) is 1. The van der Waals surface area contributed by atoms with Crippen LogP contribution < -0.4 is 5.32 Å². The van der Waals surface area contributed by atoms with Crippen molar-refractivity contribution in [1.82, 2.24) is 15.1 Å². The lowest BCUT2D eigenvalue weighted by Crippen LogP contribution is -2.47. The zero-order valence-corrected chi connectivity index (χ0v) is 17.0. The van der Waals surface area contributed by atoms with Gasteiger partial charge in [0.25, 0.3) is 0 Å². The minimum atomic E-state index is -0.138. The van der Waals surface area contributed by atoms with Crippen molar-refractivity contribution in [2.75, 3.05) is 40.3 Å². The van der Waals surface area contributed by atoms with Crippen molar-refractivity contribution in [1.29, 1.82) is 0 Å². The molecule has 1 unspecified atom stereocenters. The normalized spacial score (nSPS) is 16.3. The van der Waals surface area contributed by atoms with Gasteiger partial charge in [-0.1, -0.05) is 31.2 Å². The summed E-state index contributed by atoms with van der Waals surface area (Å²) >= 11 is 0. The molecule has 27 heavy (non-hydrogen) atoms. The van der Waals surface area contributed by atoms with Crippen molar-refractivity contribution in [2.45, 2.75) is 39.2 Å². The van der Waals surface area contributed by atoms with E-state index in [1.807, 2.05) is 21.0 Å². The molecule has 150 valence electrons. The van der Waals surface area contributed by atoms with Crippen LogP contribution >= 0.6 is 0 Å². The highest BCUT2D eigenvalue weighted by Gasteiger charge is 2.28. The summed E-state index contributed by atoms with van der Waals surface area (Å²) in [6, 6.07) is 8.63. The molecule has 2 rings (SSSR count). The average Bonchev–Trinajstić information content (AvgIpc) is 2.68. The molecule has 1 saturated heterocycles. The maximum atomic E-state index is 12.5. The number of amides is 2. The fourth-order valence-electron chi connectivity index (χ4n) is 3.45. The first-order valence-corrected chi connectivity index (χ1v) is 9.90. The Labute approximate surface area is 162 Å². The number of carbonyl (C=O) groups excluding carboxylic acids is 2. The lowest BCUT2D eigenvalue weighted by molar-refractivity contribution is -0.149. The number of rotatable bonds is 7. The standard InChI is InChI=1S/C21H33N3O3/c1-5-16-7-9-17(10-8-16)19(23(3)4)15-22-21(26)24-13-11-18(12-14-24)20(25)27-6-2/h7-10,18-19H,5-6,11-15H2,1-4H3,(H,22,26). The Bertz CT molecular complexity index is 608. The van der Waals surface area contributed by atoms with Gasteiger partial charge in [-0.15, -0.1) is 0 Å². The Hall–Kier alpha value is -2.08. The number of likely N-dealkylation sites (N-methyl/N-ethyl adjacent to an activating group) is 1. The maximum absolute atomic E-state index is 12.5. The van der Waals surface area contributed by atoms with E-state index in [4.69, 9.17) is 4.74 Å². The minimum Gasteiger partial charge on any atom is -0.466 e. The van der Waals surface area contributed by atoms with Gasteiger partial charge in [-0.25, -0.2) is 4.79 Å². The van der Waals surface area contributed by atoms with Gasteiger partial charge in [0.15, 0.2) is 0 Å². The molecule has 0 aromatic heterocycles. The van der Waals surface area contributed by atoms with Crippen LogP contribution in [0.3, 0.4) is 0 Å². The quantitative estimate of drug-likeness (QED) is 0.745. The molecule has 1 aliphatic rings. The van der Waals surface area contributed by atoms with Crippen LogP contribution in [0.5, 0.6) is 0 Å². The van der Waals surface area contributed by atoms with Gasteiger partial charge in [-0.2, -0.15) is 0 Å². The summed E-state index contributed by atoms with van der Waals surface area (Å²) in [5.74, 6) is -0.221. The molecule has 0 aliphatic carbocycles. The van der Waals surface area contributed by atoms with E-state index in [0.717, 1.165) is 6.42 Å². The number of hydrogen-bond donors (Lipinski definition) is 1. The molecule has 1 aliphatic heterocycles. The van der Waals surface area contributed by atoms with E-state index >= 15 is 0 Å². The minimum absolute atomic E-state index is 0.0608. The molecule has 6 nitrogen and oxygen atoms in total. The Morgan fingerprint density at radius 1 is 1.19 bits per heavy atom. The predicted octanol–water partition coefficient (Wildman–Crippen LogP) is 2.84. The smallest absolute Gasteiger partial charge is 0.317 e. The summed E-state index contributed by atoms with van der Waals surface area (Å²) in [4.78, 5) is 28.3. The first-order chi connectivity index (χ1) is 13.0. The summed E-state index contributed by atoms with van der Waals surface area (Å²) in [6.07, 6.45) is 2.36. The molecule has 1 fully saturated rings. The molecule has 1 N–H and O–H groups in total. The Balaban J connectivity index is 1.86. The second-order valence-corrected chi connectivity index (χ2v) is 7.27. The number of likely N-dealkylation sites (tertiary alicyclic amines) is 1. The van der Waals surface area contributed by atoms with Crippen LogP contribution in [0.1, 0.15) is 43.9 Å². The summed E-state index contributed by atoms with van der Waals surface area (Å²) in [7, 11) is 4.05. The van der Waals surface area contributed by atoms with Crippen molar-refractivity contribution in [3.05, 3.63) is 35.4 Å². The van der Waals surface area contributed by atoms with Crippen LogP contribution in [0.2, 0.25) is 0 Å². The van der Waals surface area contributed by atoms with Gasteiger partial charge < -0.3 is 19.9 Å². The Morgan fingerprint density at radius 2 is 1.81 bits per heavy atom. The molecular weight excluding hydrogens is 342 g/mol. The monoisotopic (exact) mass is 375 g/mol. The Kier molecular flexibility index (Phi) is 8.10. The van der Waals surface area contributed by atoms with E-state index in [1.165, 1.54) is 11.1 Å². The van der Waals surface area contributed by atoms with Gasteiger partial charge in [0.05, 0.1) is 18.6 Å². The average molecular weight is 376 g/mol. The van der Waals surface area contributed by atoms with Gasteiger partial charge in [-0.05, 0) is 51.4 Å². The maximum Gasteiger partial charge on any atom is 0.317 e. The molecule has 0 spiro atoms. The van der Waals surface area contributed by atoms with E-state index in [-0.39, 0.29) is 24.0 Å². The van der Waals surface area contributed by atoms with Crippen molar-refractivity contribution in [2.24, 2.45) is 5.92 Å². The van der Waals surface area contributed by atoms with Crippen LogP contribution in [0, 0.1) is 5.92 Å². The van der Waals surface area contributed by atoms with Crippen LogP contribution in [-0.2, 0) is 16.0 Å². The molecule has 0 radical (unpaired) electrons. The van der Waals surface area contributed by atoms with Gasteiger partial charge in [0.1, 0.15) is 0 Å². The van der Waals surface area contributed by atoms with Crippen LogP contribution in [0.25, 0.3) is 0 Å². The highest BCUT2D eigenvalue weighted by Crippen LogP contribution is 2.20. The van der Waals surface area contributed by atoms with Crippen molar-refractivity contribution < 1.29 is 14.3 Å². The summed E-state index contributed by atoms with van der Waals surface area (Å²) < 4.78 is 5.08. The number of benzene rings is 1. The first kappa shape index (κ1) is 21.2. The number of nitrogens with one attached hydrogen (secondary N) is 1. The molecule has 1 atom stereocenters. The Morgan fingerprint density at radius 3 is 2.33 bits per heavy atom. The molecular formula is C21H33N3O3. The number of carbonyl (C=O) groups is 2. The molecule has 2 amide bonds. The van der Waals surface area contributed by atoms with Crippen LogP contribution in [-0.4, -0.2) is 62.1 Å². The number of nitrogens with zero attached hydrogens (tertiary/aromatic N) is 2. The van der Waals surface area contributed by atoms with Crippen molar-refractivity contribution in [3.63, 3.8) is 0 Å². The molecule has 1 aromatic rings. The van der Waals surface area contributed by atoms with E-state index in [1.54, 1.807) is 4.90 Å². The van der Waals surface area contributed by atoms with Gasteiger partial charge in [0.2, 0.25) is 0 Å². The number of piperidine rings is 1. The third-order valence-electron chi connectivity index (χ3n) is 5.24. The number of urea groups is 1. The van der Waals surface area contributed by atoms with Crippen LogP contribution in [0.15, 0.2) is 24.3 Å². The van der Waals surface area contributed by atoms with Gasteiger partial charge in [-0.3, -0.25) is 4.79 Å². The summed E-state index contributed by atoms with van der Waals surface area (Å²) in [6.45, 7) is 6.10. The fraction of sp³-hybridized carbons (Fsp3) is 0.619. The largest absolute Gasteiger partial charge is 0.466 e. The molecule has 0 bridgehead atoms. The van der Waals surface area contributed by atoms with E-state index in [9.17, 15) is 9.59 Å². The fourth-order valence-corrected chi connectivity index (χ4v) is 3.45. The van der Waals surface area contributed by atoms with Crippen molar-refractivity contribution in [3.8, 4) is 0 Å². The highest BCUT2D eigenvalue weighted by atomic mass is 16.5. The molecule has 0 saturated carbocycles. The van der Waals surface area contributed by atoms with E-state index in [2.05, 4.69) is 41.4 Å². The second kappa shape index (κ2) is 10.3. The second-order valence-electron chi connectivity index (χ2n) is 7.27.